The van der Waals surface area contributed by atoms with Crippen LogP contribution in [0.15, 0.2) is 111 Å². The Bertz CT molecular complexity index is 1560. The van der Waals surface area contributed by atoms with E-state index in [1.165, 1.54) is 17.2 Å². The second-order valence-corrected chi connectivity index (χ2v) is 9.98. The molecule has 0 aliphatic rings. The van der Waals surface area contributed by atoms with Crippen LogP contribution in [0.4, 0.5) is 0 Å². The Morgan fingerprint density at radius 2 is 1.44 bits per heavy atom. The highest BCUT2D eigenvalue weighted by Gasteiger charge is 2.12. The number of aromatic nitrogens is 2. The number of rotatable bonds is 6. The van der Waals surface area contributed by atoms with Crippen LogP contribution in [-0.2, 0) is 9.84 Å². The van der Waals surface area contributed by atoms with E-state index in [9.17, 15) is 8.42 Å². The van der Waals surface area contributed by atoms with Crippen molar-refractivity contribution in [1.82, 2.24) is 10.2 Å². The molecule has 0 bridgehead atoms. The van der Waals surface area contributed by atoms with Gasteiger partial charge < -0.3 is 4.42 Å². The molecule has 0 spiro atoms. The van der Waals surface area contributed by atoms with Crippen LogP contribution in [0.2, 0.25) is 0 Å². The Balaban J connectivity index is 1.26. The van der Waals surface area contributed by atoms with Gasteiger partial charge in [0.15, 0.2) is 9.84 Å². The van der Waals surface area contributed by atoms with Gasteiger partial charge in [0.2, 0.25) is 5.89 Å². The van der Waals surface area contributed by atoms with Gasteiger partial charge in [0, 0.05) is 16.7 Å². The van der Waals surface area contributed by atoms with Gasteiger partial charge in [-0.3, -0.25) is 0 Å². The van der Waals surface area contributed by atoms with Crippen LogP contribution >= 0.6 is 11.8 Å². The monoisotopic (exact) mass is 458 g/mol. The van der Waals surface area contributed by atoms with Gasteiger partial charge in [-0.1, -0.05) is 78.5 Å². The molecule has 0 fully saturated rings. The maximum atomic E-state index is 12.6. The summed E-state index contributed by atoms with van der Waals surface area (Å²) < 4.78 is 31.0. The molecular weight excluding hydrogens is 440 g/mol. The average Bonchev–Trinajstić information content (AvgIpc) is 3.30. The molecule has 1 aromatic heterocycles. The molecule has 4 aromatic carbocycles. The maximum Gasteiger partial charge on any atom is 0.277 e. The van der Waals surface area contributed by atoms with Crippen molar-refractivity contribution in [2.75, 3.05) is 5.75 Å². The maximum absolute atomic E-state index is 12.6. The highest BCUT2D eigenvalue weighted by Crippen LogP contribution is 2.26. The van der Waals surface area contributed by atoms with E-state index in [1.807, 2.05) is 72.8 Å². The van der Waals surface area contributed by atoms with Crippen molar-refractivity contribution in [2.24, 2.45) is 0 Å². The van der Waals surface area contributed by atoms with Crippen LogP contribution in [-0.4, -0.2) is 24.4 Å². The molecular formula is C25H18N2O3S2. The fourth-order valence-corrected chi connectivity index (χ4v) is 5.16. The van der Waals surface area contributed by atoms with Gasteiger partial charge in [0.25, 0.3) is 5.22 Å². The van der Waals surface area contributed by atoms with Crippen LogP contribution in [0.1, 0.15) is 0 Å². The van der Waals surface area contributed by atoms with Gasteiger partial charge in [-0.15, -0.1) is 10.2 Å². The van der Waals surface area contributed by atoms with Gasteiger partial charge in [0.1, 0.15) is 0 Å². The average molecular weight is 459 g/mol. The van der Waals surface area contributed by atoms with Gasteiger partial charge in [-0.05, 0) is 45.8 Å². The lowest BCUT2D eigenvalue weighted by atomic mass is 10.1. The largest absolute Gasteiger partial charge is 0.411 e. The first kappa shape index (κ1) is 20.5. The second kappa shape index (κ2) is 8.61. The fraction of sp³-hybridized carbons (Fsp3) is 0.0400. The van der Waals surface area contributed by atoms with Gasteiger partial charge in [0.05, 0.1) is 4.90 Å². The lowest BCUT2D eigenvalue weighted by Crippen LogP contribution is -1.96. The Labute approximate surface area is 189 Å². The summed E-state index contributed by atoms with van der Waals surface area (Å²) in [7, 11) is -3.53. The lowest BCUT2D eigenvalue weighted by Gasteiger charge is -2.02. The number of benzene rings is 4. The Morgan fingerprint density at radius 1 is 0.781 bits per heavy atom. The van der Waals surface area contributed by atoms with Crippen molar-refractivity contribution >= 4 is 43.1 Å². The predicted octanol–water partition coefficient (Wildman–Crippen LogP) is 6.12. The molecule has 5 rings (SSSR count). The van der Waals surface area contributed by atoms with Gasteiger partial charge in [-0.25, -0.2) is 8.42 Å². The van der Waals surface area contributed by atoms with Crippen LogP contribution in [0.3, 0.4) is 0 Å². The summed E-state index contributed by atoms with van der Waals surface area (Å²) in [6.45, 7) is 0. The van der Waals surface area contributed by atoms with E-state index >= 15 is 0 Å². The molecule has 0 aliphatic heterocycles. The van der Waals surface area contributed by atoms with E-state index in [2.05, 4.69) is 10.2 Å². The first-order valence-electron chi connectivity index (χ1n) is 9.94. The standard InChI is InChI=1S/C25H18N2O3S2/c28-32(29,23-13-12-19-7-2-4-9-21(19)17-23)15-5-14-31-25-27-26-24(30-25)22-11-10-18-6-1-3-8-20(18)16-22/h1-13,15-17H,14H2. The predicted molar refractivity (Wildman–Crippen MR) is 128 cm³/mol. The summed E-state index contributed by atoms with van der Waals surface area (Å²) in [6, 6.07) is 26.8. The number of hydrogen-bond donors (Lipinski definition) is 0. The van der Waals surface area contributed by atoms with E-state index in [-0.39, 0.29) is 4.90 Å². The third kappa shape index (κ3) is 4.30. The molecule has 7 heteroatoms. The lowest BCUT2D eigenvalue weighted by molar-refractivity contribution is 0.466. The summed E-state index contributed by atoms with van der Waals surface area (Å²) >= 11 is 1.29. The number of thioether (sulfide) groups is 1. The van der Waals surface area contributed by atoms with Crippen molar-refractivity contribution < 1.29 is 12.8 Å². The zero-order valence-electron chi connectivity index (χ0n) is 16.9. The van der Waals surface area contributed by atoms with Crippen molar-refractivity contribution in [3.05, 3.63) is 96.4 Å². The molecule has 0 radical (unpaired) electrons. The van der Waals surface area contributed by atoms with Crippen molar-refractivity contribution in [2.45, 2.75) is 10.1 Å². The second-order valence-electron chi connectivity index (χ2n) is 7.17. The van der Waals surface area contributed by atoms with Crippen molar-refractivity contribution in [3.63, 3.8) is 0 Å². The van der Waals surface area contributed by atoms with E-state index in [0.29, 0.717) is 16.9 Å². The number of hydrogen-bond acceptors (Lipinski definition) is 6. The first-order chi connectivity index (χ1) is 15.6. The number of fused-ring (bicyclic) bond motifs is 2. The summed E-state index contributed by atoms with van der Waals surface area (Å²) in [4.78, 5) is 0.272. The Hall–Kier alpha value is -3.42. The molecule has 0 atom stereocenters. The third-order valence-corrected chi connectivity index (χ3v) is 7.26. The third-order valence-electron chi connectivity index (χ3n) is 5.03. The molecule has 5 nitrogen and oxygen atoms in total. The minimum Gasteiger partial charge on any atom is -0.411 e. The van der Waals surface area contributed by atoms with Crippen molar-refractivity contribution in [3.8, 4) is 11.5 Å². The fourth-order valence-electron chi connectivity index (χ4n) is 3.42. The molecule has 0 saturated heterocycles. The van der Waals surface area contributed by atoms with Crippen LogP contribution in [0.5, 0.6) is 0 Å². The summed E-state index contributed by atoms with van der Waals surface area (Å²) in [5.41, 5.74) is 0.845. The molecule has 0 unspecified atom stereocenters. The molecule has 1 heterocycles. The molecule has 0 N–H and O–H groups in total. The Kier molecular flexibility index (Phi) is 5.51. The molecule has 0 amide bonds. The smallest absolute Gasteiger partial charge is 0.277 e. The van der Waals surface area contributed by atoms with E-state index in [0.717, 1.165) is 27.1 Å². The molecule has 0 aliphatic carbocycles. The normalized spacial score (nSPS) is 12.1. The SMILES string of the molecule is O=S(=O)(C=CCSc1nnc(-c2ccc3ccccc3c2)o1)c1ccc2ccccc2c1. The summed E-state index contributed by atoms with van der Waals surface area (Å²) in [6.07, 6.45) is 1.59. The van der Waals surface area contributed by atoms with E-state index < -0.39 is 9.84 Å². The molecule has 32 heavy (non-hydrogen) atoms. The first-order valence-corrected chi connectivity index (χ1v) is 12.5. The van der Waals surface area contributed by atoms with E-state index in [1.54, 1.807) is 18.2 Å². The number of nitrogens with zero attached hydrogens (tertiary/aromatic N) is 2. The van der Waals surface area contributed by atoms with Crippen LogP contribution in [0, 0.1) is 0 Å². The summed E-state index contributed by atoms with van der Waals surface area (Å²) in [5.74, 6) is 0.831. The van der Waals surface area contributed by atoms with Gasteiger partial charge in [-0.2, -0.15) is 0 Å². The molecule has 5 aromatic rings. The Morgan fingerprint density at radius 3 is 2.19 bits per heavy atom. The van der Waals surface area contributed by atoms with Gasteiger partial charge >= 0.3 is 0 Å². The highest BCUT2D eigenvalue weighted by molar-refractivity contribution is 7.99. The number of sulfone groups is 1. The van der Waals surface area contributed by atoms with Crippen molar-refractivity contribution in [1.29, 1.82) is 0 Å². The van der Waals surface area contributed by atoms with Crippen LogP contribution < -0.4 is 0 Å². The molecule has 158 valence electrons. The minimum atomic E-state index is -3.53. The molecule has 0 saturated carbocycles. The van der Waals surface area contributed by atoms with E-state index in [4.69, 9.17) is 4.42 Å². The summed E-state index contributed by atoms with van der Waals surface area (Å²) in [5, 5.41) is 13.9. The topological polar surface area (TPSA) is 73.1 Å². The minimum absolute atomic E-state index is 0.272. The quantitative estimate of drug-likeness (QED) is 0.285. The van der Waals surface area contributed by atoms with Crippen LogP contribution in [0.25, 0.3) is 33.0 Å². The zero-order valence-corrected chi connectivity index (χ0v) is 18.5. The highest BCUT2D eigenvalue weighted by atomic mass is 32.2. The zero-order chi connectivity index (χ0) is 22.0.